The summed E-state index contributed by atoms with van der Waals surface area (Å²) in [5.41, 5.74) is -0.289. The summed E-state index contributed by atoms with van der Waals surface area (Å²) in [6.07, 6.45) is -3.27. The van der Waals surface area contributed by atoms with Crippen LogP contribution in [0.4, 0.5) is 13.2 Å². The molecular weight excluding hydrogens is 285 g/mol. The predicted molar refractivity (Wildman–Crippen MR) is 57.0 cm³/mol. The number of fused-ring (bicyclic) bond motifs is 1. The molecule has 0 fully saturated rings. The van der Waals surface area contributed by atoms with Gasteiger partial charge in [0.1, 0.15) is 6.33 Å². The lowest BCUT2D eigenvalue weighted by atomic mass is 10.1. The van der Waals surface area contributed by atoms with Gasteiger partial charge in [-0.05, 0) is 19.1 Å². The van der Waals surface area contributed by atoms with E-state index in [-0.39, 0.29) is 5.52 Å². The molecule has 0 atom stereocenters. The van der Waals surface area contributed by atoms with Crippen molar-refractivity contribution >= 4 is 26.8 Å². The highest BCUT2D eigenvalue weighted by Gasteiger charge is 2.33. The molecule has 0 spiro atoms. The van der Waals surface area contributed by atoms with E-state index in [0.29, 0.717) is 15.6 Å². The third-order valence-corrected chi connectivity index (χ3v) is 2.67. The maximum Gasteiger partial charge on any atom is 0.418 e. The summed E-state index contributed by atoms with van der Waals surface area (Å²) >= 11 is 3.05. The van der Waals surface area contributed by atoms with Gasteiger partial charge in [-0.25, -0.2) is 9.97 Å². The Morgan fingerprint density at radius 1 is 1.19 bits per heavy atom. The highest BCUT2D eigenvalue weighted by Crippen LogP contribution is 2.36. The Morgan fingerprint density at radius 2 is 1.88 bits per heavy atom. The van der Waals surface area contributed by atoms with Gasteiger partial charge in [0, 0.05) is 15.6 Å². The molecule has 1 heterocycles. The molecule has 2 nitrogen and oxygen atoms in total. The Hall–Kier alpha value is -1.17. The third-order valence-electron chi connectivity index (χ3n) is 2.21. The van der Waals surface area contributed by atoms with Crippen LogP contribution < -0.4 is 0 Å². The molecule has 0 saturated heterocycles. The van der Waals surface area contributed by atoms with Gasteiger partial charge in [0.2, 0.25) is 0 Å². The predicted octanol–water partition coefficient (Wildman–Crippen LogP) is 3.72. The van der Waals surface area contributed by atoms with Gasteiger partial charge >= 0.3 is 6.18 Å². The molecular formula is C10H6BrF3N2. The number of benzene rings is 1. The highest BCUT2D eigenvalue weighted by molar-refractivity contribution is 9.10. The largest absolute Gasteiger partial charge is 0.418 e. The van der Waals surface area contributed by atoms with Gasteiger partial charge in [-0.1, -0.05) is 15.9 Å². The summed E-state index contributed by atoms with van der Waals surface area (Å²) in [4.78, 5) is 7.57. The molecule has 1 aromatic heterocycles. The molecule has 0 aliphatic rings. The minimum atomic E-state index is -4.41. The van der Waals surface area contributed by atoms with Crippen LogP contribution in [0.5, 0.6) is 0 Å². The minimum Gasteiger partial charge on any atom is -0.241 e. The molecule has 0 N–H and O–H groups in total. The van der Waals surface area contributed by atoms with Crippen LogP contribution in [0.1, 0.15) is 11.3 Å². The second-order valence-electron chi connectivity index (χ2n) is 3.31. The molecule has 0 unspecified atom stereocenters. The molecule has 0 aliphatic heterocycles. The Morgan fingerprint density at radius 3 is 2.50 bits per heavy atom. The van der Waals surface area contributed by atoms with E-state index >= 15 is 0 Å². The Balaban J connectivity index is 2.89. The Labute approximate surface area is 97.6 Å². The van der Waals surface area contributed by atoms with Crippen molar-refractivity contribution in [2.45, 2.75) is 13.1 Å². The Kier molecular flexibility index (Phi) is 2.61. The van der Waals surface area contributed by atoms with Crippen molar-refractivity contribution in [1.82, 2.24) is 9.97 Å². The zero-order valence-electron chi connectivity index (χ0n) is 8.14. The standard InChI is InChI=1S/C10H6BrF3N2/c1-5-7-2-6(11)3-8(10(12,13)14)9(7)16-4-15-5/h2-4H,1H3. The number of nitrogens with zero attached hydrogens (tertiary/aromatic N) is 2. The average Bonchev–Trinajstić information content (AvgIpc) is 2.17. The fourth-order valence-corrected chi connectivity index (χ4v) is 1.93. The van der Waals surface area contributed by atoms with Crippen molar-refractivity contribution in [3.8, 4) is 0 Å². The summed E-state index contributed by atoms with van der Waals surface area (Å²) in [6, 6.07) is 2.61. The summed E-state index contributed by atoms with van der Waals surface area (Å²) in [6.45, 7) is 1.65. The number of aryl methyl sites for hydroxylation is 1. The van der Waals surface area contributed by atoms with Crippen molar-refractivity contribution in [3.63, 3.8) is 0 Å². The summed E-state index contributed by atoms with van der Waals surface area (Å²) in [5, 5.41) is 0.407. The molecule has 84 valence electrons. The fourth-order valence-electron chi connectivity index (χ4n) is 1.47. The van der Waals surface area contributed by atoms with Gasteiger partial charge < -0.3 is 0 Å². The first-order valence-corrected chi connectivity index (χ1v) is 5.17. The number of alkyl halides is 3. The highest BCUT2D eigenvalue weighted by atomic mass is 79.9. The molecule has 0 saturated carbocycles. The second kappa shape index (κ2) is 3.69. The second-order valence-corrected chi connectivity index (χ2v) is 4.22. The first kappa shape index (κ1) is 11.3. The lowest BCUT2D eigenvalue weighted by molar-refractivity contribution is -0.136. The van der Waals surface area contributed by atoms with E-state index < -0.39 is 11.7 Å². The van der Waals surface area contributed by atoms with Crippen molar-refractivity contribution in [1.29, 1.82) is 0 Å². The maximum atomic E-state index is 12.7. The lowest BCUT2D eigenvalue weighted by Gasteiger charge is -2.10. The summed E-state index contributed by atoms with van der Waals surface area (Å²) < 4.78 is 38.6. The number of rotatable bonds is 0. The Bertz CT molecular complexity index is 551. The van der Waals surface area contributed by atoms with Crippen LogP contribution >= 0.6 is 15.9 Å². The first-order valence-electron chi connectivity index (χ1n) is 4.37. The van der Waals surface area contributed by atoms with E-state index in [4.69, 9.17) is 0 Å². The van der Waals surface area contributed by atoms with Crippen LogP contribution in [0.3, 0.4) is 0 Å². The smallest absolute Gasteiger partial charge is 0.241 e. The van der Waals surface area contributed by atoms with Crippen molar-refractivity contribution in [2.75, 3.05) is 0 Å². The lowest BCUT2D eigenvalue weighted by Crippen LogP contribution is -2.07. The maximum absolute atomic E-state index is 12.7. The molecule has 0 aliphatic carbocycles. The molecule has 1 aromatic carbocycles. The zero-order chi connectivity index (χ0) is 11.9. The molecule has 0 radical (unpaired) electrons. The van der Waals surface area contributed by atoms with E-state index in [1.54, 1.807) is 13.0 Å². The van der Waals surface area contributed by atoms with Crippen LogP contribution in [0.2, 0.25) is 0 Å². The minimum absolute atomic E-state index is 0.0665. The van der Waals surface area contributed by atoms with Gasteiger partial charge in [-0.2, -0.15) is 13.2 Å². The quantitative estimate of drug-likeness (QED) is 0.739. The van der Waals surface area contributed by atoms with Gasteiger partial charge in [0.15, 0.2) is 0 Å². The van der Waals surface area contributed by atoms with Crippen molar-refractivity contribution in [3.05, 3.63) is 34.2 Å². The third kappa shape index (κ3) is 1.89. The number of hydrogen-bond donors (Lipinski definition) is 0. The summed E-state index contributed by atoms with van der Waals surface area (Å²) in [5.74, 6) is 0. The monoisotopic (exact) mass is 290 g/mol. The number of hydrogen-bond acceptors (Lipinski definition) is 2. The van der Waals surface area contributed by atoms with Crippen molar-refractivity contribution in [2.24, 2.45) is 0 Å². The van der Waals surface area contributed by atoms with Gasteiger partial charge in [-0.3, -0.25) is 0 Å². The van der Waals surface area contributed by atoms with E-state index in [0.717, 1.165) is 12.4 Å². The molecule has 2 aromatic rings. The normalized spacial score (nSPS) is 12.1. The first-order chi connectivity index (χ1) is 7.39. The average molecular weight is 291 g/mol. The molecule has 6 heteroatoms. The van der Waals surface area contributed by atoms with Gasteiger partial charge in [0.25, 0.3) is 0 Å². The van der Waals surface area contributed by atoms with Crippen molar-refractivity contribution < 1.29 is 13.2 Å². The van der Waals surface area contributed by atoms with Gasteiger partial charge in [0.05, 0.1) is 11.1 Å². The molecule has 0 bridgehead atoms. The number of halogens is 4. The van der Waals surface area contributed by atoms with Crippen LogP contribution in [-0.4, -0.2) is 9.97 Å². The van der Waals surface area contributed by atoms with Crippen LogP contribution in [0, 0.1) is 6.92 Å². The molecule has 2 rings (SSSR count). The topological polar surface area (TPSA) is 25.8 Å². The van der Waals surface area contributed by atoms with Crippen LogP contribution in [0.15, 0.2) is 22.9 Å². The number of aromatic nitrogens is 2. The van der Waals surface area contributed by atoms with E-state index in [9.17, 15) is 13.2 Å². The van der Waals surface area contributed by atoms with Crippen LogP contribution in [-0.2, 0) is 6.18 Å². The molecule has 0 amide bonds. The SMILES string of the molecule is Cc1ncnc2c(C(F)(F)F)cc(Br)cc12. The van der Waals surface area contributed by atoms with E-state index in [2.05, 4.69) is 25.9 Å². The van der Waals surface area contributed by atoms with Gasteiger partial charge in [-0.15, -0.1) is 0 Å². The van der Waals surface area contributed by atoms with Crippen LogP contribution in [0.25, 0.3) is 10.9 Å². The molecule has 16 heavy (non-hydrogen) atoms. The zero-order valence-corrected chi connectivity index (χ0v) is 9.72. The summed E-state index contributed by atoms with van der Waals surface area (Å²) in [7, 11) is 0. The fraction of sp³-hybridized carbons (Fsp3) is 0.200. The van der Waals surface area contributed by atoms with E-state index in [1.807, 2.05) is 0 Å². The van der Waals surface area contributed by atoms with E-state index in [1.165, 1.54) is 0 Å².